The fourth-order valence-electron chi connectivity index (χ4n) is 2.51. The van der Waals surface area contributed by atoms with Gasteiger partial charge in [-0.1, -0.05) is 24.3 Å². The Kier molecular flexibility index (Phi) is 2.03. The number of fused-ring (bicyclic) bond motifs is 3. The second-order valence-corrected chi connectivity index (χ2v) is 4.11. The molecule has 1 aromatic rings. The van der Waals surface area contributed by atoms with Gasteiger partial charge in [-0.25, -0.2) is 0 Å². The molecule has 1 N–H and O–H groups in total. The third kappa shape index (κ3) is 1.26. The summed E-state index contributed by atoms with van der Waals surface area (Å²) in [7, 11) is 0. The first-order chi connectivity index (χ1) is 6.95. The van der Waals surface area contributed by atoms with Crippen molar-refractivity contribution in [2.24, 2.45) is 0 Å². The molecule has 2 nitrogen and oxygen atoms in total. The molecule has 2 atom stereocenters. The molecule has 1 saturated heterocycles. The van der Waals surface area contributed by atoms with Crippen LogP contribution >= 0.6 is 0 Å². The van der Waals surface area contributed by atoms with E-state index in [1.54, 1.807) is 0 Å². The number of benzene rings is 1. The Morgan fingerprint density at radius 3 is 3.21 bits per heavy atom. The van der Waals surface area contributed by atoms with Crippen LogP contribution in [-0.4, -0.2) is 19.2 Å². The predicted molar refractivity (Wildman–Crippen MR) is 55.2 cm³/mol. The Balaban J connectivity index is 1.96. The third-order valence-corrected chi connectivity index (χ3v) is 3.19. The Bertz CT molecular complexity index is 337. The Hall–Kier alpha value is -0.860. The molecule has 74 valence electrons. The largest absolute Gasteiger partial charge is 0.372 e. The van der Waals surface area contributed by atoms with E-state index in [1.807, 2.05) is 0 Å². The molecule has 2 heteroatoms. The van der Waals surface area contributed by atoms with Gasteiger partial charge >= 0.3 is 0 Å². The summed E-state index contributed by atoms with van der Waals surface area (Å²) in [4.78, 5) is 0. The molecule has 1 aromatic carbocycles. The van der Waals surface area contributed by atoms with E-state index in [0.717, 1.165) is 26.0 Å². The van der Waals surface area contributed by atoms with E-state index < -0.39 is 0 Å². The second kappa shape index (κ2) is 3.37. The van der Waals surface area contributed by atoms with Gasteiger partial charge < -0.3 is 10.1 Å². The topological polar surface area (TPSA) is 21.3 Å². The van der Waals surface area contributed by atoms with Crippen LogP contribution in [0.25, 0.3) is 0 Å². The molecule has 0 aromatic heterocycles. The quantitative estimate of drug-likeness (QED) is 0.670. The maximum atomic E-state index is 5.89. The Morgan fingerprint density at radius 1 is 1.29 bits per heavy atom. The zero-order valence-corrected chi connectivity index (χ0v) is 8.20. The summed E-state index contributed by atoms with van der Waals surface area (Å²) in [6, 6.07) is 9.15. The van der Waals surface area contributed by atoms with Crippen LogP contribution in [0.2, 0.25) is 0 Å². The van der Waals surface area contributed by atoms with Crippen molar-refractivity contribution < 1.29 is 4.74 Å². The van der Waals surface area contributed by atoms with Crippen LogP contribution < -0.4 is 5.32 Å². The van der Waals surface area contributed by atoms with Crippen LogP contribution in [0.3, 0.4) is 0 Å². The highest BCUT2D eigenvalue weighted by Gasteiger charge is 2.33. The number of ether oxygens (including phenoxy) is 1. The highest BCUT2D eigenvalue weighted by atomic mass is 16.5. The lowest BCUT2D eigenvalue weighted by atomic mass is 10.1. The van der Waals surface area contributed by atoms with Gasteiger partial charge in [0.05, 0.1) is 6.10 Å². The normalized spacial score (nSPS) is 30.6. The van der Waals surface area contributed by atoms with E-state index in [1.165, 1.54) is 11.1 Å². The lowest BCUT2D eigenvalue weighted by molar-refractivity contribution is 0.0505. The summed E-state index contributed by atoms with van der Waals surface area (Å²) >= 11 is 0. The van der Waals surface area contributed by atoms with Gasteiger partial charge in [-0.3, -0.25) is 0 Å². The molecule has 0 radical (unpaired) electrons. The van der Waals surface area contributed by atoms with Gasteiger partial charge in [-0.05, 0) is 30.5 Å². The van der Waals surface area contributed by atoms with Crippen molar-refractivity contribution in [1.82, 2.24) is 5.32 Å². The molecule has 3 rings (SSSR count). The summed E-state index contributed by atoms with van der Waals surface area (Å²) in [6.07, 6.45) is 2.56. The van der Waals surface area contributed by atoms with Crippen molar-refractivity contribution in [1.29, 1.82) is 0 Å². The average molecular weight is 189 g/mol. The average Bonchev–Trinajstić information content (AvgIpc) is 2.42. The highest BCUT2D eigenvalue weighted by molar-refractivity contribution is 5.36. The van der Waals surface area contributed by atoms with E-state index in [2.05, 4.69) is 29.6 Å². The van der Waals surface area contributed by atoms with Crippen LogP contribution in [0.4, 0.5) is 0 Å². The fourth-order valence-corrected chi connectivity index (χ4v) is 2.51. The third-order valence-electron chi connectivity index (χ3n) is 3.19. The van der Waals surface area contributed by atoms with Gasteiger partial charge in [-0.15, -0.1) is 0 Å². The molecule has 14 heavy (non-hydrogen) atoms. The van der Waals surface area contributed by atoms with E-state index in [9.17, 15) is 0 Å². The van der Waals surface area contributed by atoms with Crippen LogP contribution in [-0.2, 0) is 11.2 Å². The summed E-state index contributed by atoms with van der Waals surface area (Å²) in [5.74, 6) is 0. The van der Waals surface area contributed by atoms with E-state index in [4.69, 9.17) is 4.74 Å². The standard InChI is InChI=1S/C12H15NO/c1-2-5-10-9(4-1)8-11-12(10)14-7-3-6-13-11/h1-2,4-5,11-13H,3,6-8H2/t11-,12+/m0/s1. The maximum Gasteiger partial charge on any atom is 0.0983 e. The summed E-state index contributed by atoms with van der Waals surface area (Å²) in [5.41, 5.74) is 2.85. The first-order valence-electron chi connectivity index (χ1n) is 5.38. The smallest absolute Gasteiger partial charge is 0.0983 e. The van der Waals surface area contributed by atoms with Crippen molar-refractivity contribution in [3.63, 3.8) is 0 Å². The minimum Gasteiger partial charge on any atom is -0.372 e. The van der Waals surface area contributed by atoms with Crippen LogP contribution in [0, 0.1) is 0 Å². The van der Waals surface area contributed by atoms with Gasteiger partial charge in [0.2, 0.25) is 0 Å². The number of nitrogens with one attached hydrogen (secondary N) is 1. The van der Waals surface area contributed by atoms with Crippen molar-refractivity contribution in [3.8, 4) is 0 Å². The molecular formula is C12H15NO. The Morgan fingerprint density at radius 2 is 2.21 bits per heavy atom. The van der Waals surface area contributed by atoms with Gasteiger partial charge in [-0.2, -0.15) is 0 Å². The molecule has 0 amide bonds. The number of hydrogen-bond acceptors (Lipinski definition) is 2. The predicted octanol–water partition coefficient (Wildman–Crippen LogP) is 1.66. The number of rotatable bonds is 0. The van der Waals surface area contributed by atoms with E-state index >= 15 is 0 Å². The first kappa shape index (κ1) is 8.45. The van der Waals surface area contributed by atoms with Gasteiger partial charge in [0.25, 0.3) is 0 Å². The monoisotopic (exact) mass is 189 g/mol. The van der Waals surface area contributed by atoms with Crippen molar-refractivity contribution >= 4 is 0 Å². The molecule has 1 aliphatic carbocycles. The van der Waals surface area contributed by atoms with Gasteiger partial charge in [0, 0.05) is 12.6 Å². The van der Waals surface area contributed by atoms with Crippen molar-refractivity contribution in [2.75, 3.05) is 13.2 Å². The van der Waals surface area contributed by atoms with E-state index in [0.29, 0.717) is 12.1 Å². The zero-order valence-electron chi connectivity index (χ0n) is 8.20. The molecular weight excluding hydrogens is 174 g/mol. The minimum atomic E-state index is 0.300. The van der Waals surface area contributed by atoms with Crippen molar-refractivity contribution in [2.45, 2.75) is 25.0 Å². The Labute approximate surface area is 84.3 Å². The SMILES string of the molecule is c1ccc2c(c1)C[C@@H]1NCCCO[C@H]21. The first-order valence-corrected chi connectivity index (χ1v) is 5.38. The van der Waals surface area contributed by atoms with E-state index in [-0.39, 0.29) is 0 Å². The minimum absolute atomic E-state index is 0.300. The zero-order chi connectivity index (χ0) is 9.38. The lowest BCUT2D eigenvalue weighted by Crippen LogP contribution is -2.31. The van der Waals surface area contributed by atoms with Gasteiger partial charge in [0.15, 0.2) is 0 Å². The highest BCUT2D eigenvalue weighted by Crippen LogP contribution is 2.34. The molecule has 0 spiro atoms. The molecule has 1 aliphatic heterocycles. The van der Waals surface area contributed by atoms with Crippen LogP contribution in [0.5, 0.6) is 0 Å². The molecule has 2 aliphatic rings. The molecule has 0 saturated carbocycles. The van der Waals surface area contributed by atoms with Crippen LogP contribution in [0.1, 0.15) is 23.7 Å². The lowest BCUT2D eigenvalue weighted by Gasteiger charge is -2.17. The number of hydrogen-bond donors (Lipinski definition) is 1. The second-order valence-electron chi connectivity index (χ2n) is 4.11. The van der Waals surface area contributed by atoms with Crippen molar-refractivity contribution in [3.05, 3.63) is 35.4 Å². The van der Waals surface area contributed by atoms with Crippen LogP contribution in [0.15, 0.2) is 24.3 Å². The molecule has 0 bridgehead atoms. The summed E-state index contributed by atoms with van der Waals surface area (Å²) in [6.45, 7) is 1.98. The molecule has 1 heterocycles. The fraction of sp³-hybridized carbons (Fsp3) is 0.500. The molecule has 0 unspecified atom stereocenters. The maximum absolute atomic E-state index is 5.89. The van der Waals surface area contributed by atoms with Gasteiger partial charge in [0.1, 0.15) is 0 Å². The molecule has 1 fully saturated rings. The summed E-state index contributed by atoms with van der Waals surface area (Å²) < 4.78 is 5.89. The summed E-state index contributed by atoms with van der Waals surface area (Å²) in [5, 5.41) is 3.57.